The molecule has 6 nitrogen and oxygen atoms in total. The zero-order valence-corrected chi connectivity index (χ0v) is 15.0. The van der Waals surface area contributed by atoms with Gasteiger partial charge in [-0.1, -0.05) is 6.07 Å². The summed E-state index contributed by atoms with van der Waals surface area (Å²) >= 11 is 1.51. The van der Waals surface area contributed by atoms with E-state index in [2.05, 4.69) is 10.3 Å². The number of nitrogens with two attached hydrogens (primary N) is 1. The average Bonchev–Trinajstić information content (AvgIpc) is 3.17. The molecule has 0 atom stereocenters. The van der Waals surface area contributed by atoms with Gasteiger partial charge in [0.1, 0.15) is 0 Å². The smallest absolute Gasteiger partial charge is 0.257 e. The summed E-state index contributed by atoms with van der Waals surface area (Å²) in [6.45, 7) is 5.58. The van der Waals surface area contributed by atoms with E-state index in [0.717, 1.165) is 16.5 Å². The fourth-order valence-corrected chi connectivity index (χ4v) is 3.59. The van der Waals surface area contributed by atoms with Crippen LogP contribution < -0.4 is 11.1 Å². The van der Waals surface area contributed by atoms with Gasteiger partial charge in [0.2, 0.25) is 5.91 Å². The van der Waals surface area contributed by atoms with Gasteiger partial charge in [0.05, 0.1) is 5.56 Å². The Morgan fingerprint density at radius 3 is 2.60 bits per heavy atom. The lowest BCUT2D eigenvalue weighted by Crippen LogP contribution is -2.17. The number of primary amides is 1. The van der Waals surface area contributed by atoms with E-state index in [1.807, 2.05) is 29.9 Å². The van der Waals surface area contributed by atoms with Crippen LogP contribution in [0.5, 0.6) is 0 Å². The predicted octanol–water partition coefficient (Wildman–Crippen LogP) is 3.21. The van der Waals surface area contributed by atoms with Crippen LogP contribution in [0.15, 0.2) is 35.8 Å². The molecule has 0 bridgehead atoms. The maximum absolute atomic E-state index is 12.7. The highest BCUT2D eigenvalue weighted by molar-refractivity contribution is 7.12. The first kappa shape index (κ1) is 16.9. The lowest BCUT2D eigenvalue weighted by molar-refractivity contribution is 0.0995. The molecule has 0 aliphatic carbocycles. The van der Waals surface area contributed by atoms with Crippen LogP contribution in [0.25, 0.3) is 5.13 Å². The molecule has 0 fully saturated rings. The number of aromatic nitrogens is 2. The number of rotatable bonds is 4. The largest absolute Gasteiger partial charge is 0.366 e. The minimum atomic E-state index is -0.518. The lowest BCUT2D eigenvalue weighted by atomic mass is 10.1. The van der Waals surface area contributed by atoms with Crippen LogP contribution in [-0.4, -0.2) is 21.4 Å². The number of benzene rings is 1. The average molecular weight is 354 g/mol. The summed E-state index contributed by atoms with van der Waals surface area (Å²) in [5.74, 6) is -0.754. The highest BCUT2D eigenvalue weighted by Gasteiger charge is 2.19. The molecule has 128 valence electrons. The number of hydrogen-bond acceptors (Lipinski definition) is 4. The Bertz CT molecular complexity index is 958. The molecule has 2 amide bonds. The van der Waals surface area contributed by atoms with E-state index in [1.165, 1.54) is 11.3 Å². The van der Waals surface area contributed by atoms with E-state index in [9.17, 15) is 9.59 Å². The molecule has 3 N–H and O–H groups in total. The van der Waals surface area contributed by atoms with E-state index in [4.69, 9.17) is 5.73 Å². The molecule has 0 aliphatic rings. The minimum Gasteiger partial charge on any atom is -0.366 e. The molecule has 0 saturated heterocycles. The summed E-state index contributed by atoms with van der Waals surface area (Å²) in [7, 11) is 0. The van der Waals surface area contributed by atoms with Crippen molar-refractivity contribution < 1.29 is 9.59 Å². The minimum absolute atomic E-state index is 0.236. The first-order valence-electron chi connectivity index (χ1n) is 7.69. The standard InChI is InChI=1S/C18H18N4O2S/c1-10-9-14(12(3)22(10)18-20-7-8-25-18)17(24)21-15-6-4-5-13(11(15)2)16(19)23/h4-9H,1-3H3,(H2,19,23)(H,21,24). The van der Waals surface area contributed by atoms with Crippen molar-refractivity contribution in [2.24, 2.45) is 5.73 Å². The van der Waals surface area contributed by atoms with Gasteiger partial charge in [-0.05, 0) is 44.5 Å². The predicted molar refractivity (Wildman–Crippen MR) is 98.6 cm³/mol. The van der Waals surface area contributed by atoms with Gasteiger partial charge in [-0.25, -0.2) is 4.98 Å². The number of anilines is 1. The Balaban J connectivity index is 1.95. The van der Waals surface area contributed by atoms with Gasteiger partial charge in [0, 0.05) is 34.2 Å². The number of carbonyl (C=O) groups is 2. The van der Waals surface area contributed by atoms with Crippen molar-refractivity contribution in [1.82, 2.24) is 9.55 Å². The molecule has 0 saturated carbocycles. The normalized spacial score (nSPS) is 10.7. The van der Waals surface area contributed by atoms with Crippen molar-refractivity contribution in [3.05, 3.63) is 63.9 Å². The van der Waals surface area contributed by atoms with E-state index < -0.39 is 5.91 Å². The second-order valence-corrected chi connectivity index (χ2v) is 6.60. The Labute approximate surface area is 149 Å². The van der Waals surface area contributed by atoms with Crippen molar-refractivity contribution in [1.29, 1.82) is 0 Å². The molecule has 0 unspecified atom stereocenters. The van der Waals surface area contributed by atoms with Crippen molar-refractivity contribution in [3.63, 3.8) is 0 Å². The summed E-state index contributed by atoms with van der Waals surface area (Å²) in [6.07, 6.45) is 1.73. The zero-order chi connectivity index (χ0) is 18.1. The molecule has 1 aromatic carbocycles. The van der Waals surface area contributed by atoms with Crippen molar-refractivity contribution in [2.75, 3.05) is 5.32 Å². The SMILES string of the molecule is Cc1c(NC(=O)c2cc(C)n(-c3nccs3)c2C)cccc1C(N)=O. The second kappa shape index (κ2) is 6.52. The summed E-state index contributed by atoms with van der Waals surface area (Å²) in [4.78, 5) is 28.5. The molecule has 3 rings (SSSR count). The van der Waals surface area contributed by atoms with Crippen LogP contribution in [0, 0.1) is 20.8 Å². The number of carbonyl (C=O) groups excluding carboxylic acids is 2. The number of amides is 2. The van der Waals surface area contributed by atoms with Gasteiger partial charge < -0.3 is 11.1 Å². The maximum Gasteiger partial charge on any atom is 0.257 e. The Kier molecular flexibility index (Phi) is 4.41. The molecule has 3 aromatic rings. The fourth-order valence-electron chi connectivity index (χ4n) is 2.84. The van der Waals surface area contributed by atoms with Gasteiger partial charge in [0.25, 0.3) is 5.91 Å². The van der Waals surface area contributed by atoms with Gasteiger partial charge in [-0.2, -0.15) is 0 Å². The van der Waals surface area contributed by atoms with Gasteiger partial charge in [-0.15, -0.1) is 11.3 Å². The van der Waals surface area contributed by atoms with E-state index >= 15 is 0 Å². The van der Waals surface area contributed by atoms with Crippen molar-refractivity contribution >= 4 is 28.8 Å². The molecule has 0 aliphatic heterocycles. The highest BCUT2D eigenvalue weighted by Crippen LogP contribution is 2.24. The molecular formula is C18H18N4O2S. The van der Waals surface area contributed by atoms with Crippen LogP contribution >= 0.6 is 11.3 Å². The molecule has 0 radical (unpaired) electrons. The maximum atomic E-state index is 12.7. The molecular weight excluding hydrogens is 336 g/mol. The topological polar surface area (TPSA) is 90.0 Å². The Morgan fingerprint density at radius 2 is 1.96 bits per heavy atom. The third-order valence-electron chi connectivity index (χ3n) is 4.13. The highest BCUT2D eigenvalue weighted by atomic mass is 32.1. The lowest BCUT2D eigenvalue weighted by Gasteiger charge is -2.11. The Morgan fingerprint density at radius 1 is 1.20 bits per heavy atom. The number of thiazole rings is 1. The van der Waals surface area contributed by atoms with Crippen LogP contribution in [0.2, 0.25) is 0 Å². The van der Waals surface area contributed by atoms with Gasteiger partial charge in [0.15, 0.2) is 5.13 Å². The number of aryl methyl sites for hydroxylation is 1. The van der Waals surface area contributed by atoms with E-state index in [1.54, 1.807) is 31.3 Å². The molecule has 0 spiro atoms. The van der Waals surface area contributed by atoms with Gasteiger partial charge in [-0.3, -0.25) is 14.2 Å². The first-order chi connectivity index (χ1) is 11.9. The molecule has 7 heteroatoms. The van der Waals surface area contributed by atoms with Crippen LogP contribution in [0.4, 0.5) is 5.69 Å². The number of nitrogens with one attached hydrogen (secondary N) is 1. The summed E-state index contributed by atoms with van der Waals surface area (Å²) in [5, 5.41) is 5.59. The Hall–Kier alpha value is -2.93. The van der Waals surface area contributed by atoms with Gasteiger partial charge >= 0.3 is 0 Å². The summed E-state index contributed by atoms with van der Waals surface area (Å²) in [6, 6.07) is 6.92. The van der Waals surface area contributed by atoms with Crippen molar-refractivity contribution in [2.45, 2.75) is 20.8 Å². The molecule has 2 aromatic heterocycles. The monoisotopic (exact) mass is 354 g/mol. The van der Waals surface area contributed by atoms with E-state index in [0.29, 0.717) is 22.4 Å². The summed E-state index contributed by atoms with van der Waals surface area (Å²) < 4.78 is 1.95. The fraction of sp³-hybridized carbons (Fsp3) is 0.167. The third kappa shape index (κ3) is 3.06. The summed E-state index contributed by atoms with van der Waals surface area (Å²) in [5.41, 5.74) is 9.29. The second-order valence-electron chi connectivity index (χ2n) is 5.73. The van der Waals surface area contributed by atoms with Crippen LogP contribution in [0.1, 0.15) is 37.7 Å². The zero-order valence-electron chi connectivity index (χ0n) is 14.2. The first-order valence-corrected chi connectivity index (χ1v) is 8.57. The quantitative estimate of drug-likeness (QED) is 0.754. The van der Waals surface area contributed by atoms with Crippen LogP contribution in [-0.2, 0) is 0 Å². The number of hydrogen-bond donors (Lipinski definition) is 2. The molecule has 2 heterocycles. The van der Waals surface area contributed by atoms with Crippen molar-refractivity contribution in [3.8, 4) is 5.13 Å². The molecule has 25 heavy (non-hydrogen) atoms. The van der Waals surface area contributed by atoms with Crippen LogP contribution in [0.3, 0.4) is 0 Å². The number of nitrogens with zero attached hydrogens (tertiary/aromatic N) is 2. The third-order valence-corrected chi connectivity index (χ3v) is 4.89. The van der Waals surface area contributed by atoms with E-state index in [-0.39, 0.29) is 5.91 Å².